The molecule has 106 valence electrons. The van der Waals surface area contributed by atoms with E-state index in [2.05, 4.69) is 54.5 Å². The Morgan fingerprint density at radius 1 is 1.25 bits per heavy atom. The summed E-state index contributed by atoms with van der Waals surface area (Å²) in [6.45, 7) is 5.21. The summed E-state index contributed by atoms with van der Waals surface area (Å²) in [6, 6.07) is 13.0. The molecule has 2 aromatic rings. The predicted molar refractivity (Wildman–Crippen MR) is 82.1 cm³/mol. The van der Waals surface area contributed by atoms with E-state index in [0.717, 1.165) is 13.0 Å². The molecule has 1 atom stereocenters. The van der Waals surface area contributed by atoms with Gasteiger partial charge < -0.3 is 10.1 Å². The zero-order chi connectivity index (χ0) is 14.4. The van der Waals surface area contributed by atoms with Crippen molar-refractivity contribution in [1.29, 1.82) is 0 Å². The van der Waals surface area contributed by atoms with E-state index in [1.165, 1.54) is 16.7 Å². The quantitative estimate of drug-likeness (QED) is 0.874. The third-order valence-corrected chi connectivity index (χ3v) is 3.34. The topological polar surface area (TPSA) is 34.1 Å². The maximum absolute atomic E-state index is 5.10. The summed E-state index contributed by atoms with van der Waals surface area (Å²) < 4.78 is 5.10. The van der Waals surface area contributed by atoms with Crippen LogP contribution in [0, 0.1) is 6.92 Å². The second kappa shape index (κ2) is 7.06. The minimum atomic E-state index is 0.315. The fourth-order valence-electron chi connectivity index (χ4n) is 2.33. The van der Waals surface area contributed by atoms with Crippen LogP contribution < -0.4 is 10.1 Å². The van der Waals surface area contributed by atoms with Crippen molar-refractivity contribution in [2.45, 2.75) is 26.3 Å². The Labute approximate surface area is 121 Å². The van der Waals surface area contributed by atoms with Crippen LogP contribution in [0.1, 0.15) is 29.7 Å². The number of aryl methyl sites for hydroxylation is 1. The first kappa shape index (κ1) is 14.5. The largest absolute Gasteiger partial charge is 0.481 e. The molecule has 0 saturated carbocycles. The molecule has 0 aliphatic rings. The molecule has 2 rings (SSSR count). The van der Waals surface area contributed by atoms with Gasteiger partial charge in [0.05, 0.1) is 7.11 Å². The third kappa shape index (κ3) is 3.81. The first-order chi connectivity index (χ1) is 9.72. The molecule has 3 heteroatoms. The summed E-state index contributed by atoms with van der Waals surface area (Å²) in [5.74, 6) is 0.657. The highest BCUT2D eigenvalue weighted by atomic mass is 16.5. The van der Waals surface area contributed by atoms with Gasteiger partial charge in [-0.1, -0.05) is 42.8 Å². The number of rotatable bonds is 6. The van der Waals surface area contributed by atoms with Crippen LogP contribution in [0.2, 0.25) is 0 Å². The Morgan fingerprint density at radius 3 is 2.70 bits per heavy atom. The molecule has 0 saturated heterocycles. The normalized spacial score (nSPS) is 12.2. The Hall–Kier alpha value is -1.87. The molecule has 0 aliphatic carbocycles. The van der Waals surface area contributed by atoms with Gasteiger partial charge in [0.15, 0.2) is 0 Å². The van der Waals surface area contributed by atoms with Crippen LogP contribution in [-0.2, 0) is 6.42 Å². The monoisotopic (exact) mass is 270 g/mol. The van der Waals surface area contributed by atoms with Crippen molar-refractivity contribution in [2.24, 2.45) is 0 Å². The number of nitrogens with one attached hydrogen (secondary N) is 1. The molecule has 1 unspecified atom stereocenters. The van der Waals surface area contributed by atoms with Gasteiger partial charge in [-0.05, 0) is 31.0 Å². The average molecular weight is 270 g/mol. The molecule has 0 fully saturated rings. The van der Waals surface area contributed by atoms with Crippen molar-refractivity contribution < 1.29 is 4.74 Å². The van der Waals surface area contributed by atoms with Gasteiger partial charge in [0.25, 0.3) is 0 Å². The van der Waals surface area contributed by atoms with Gasteiger partial charge in [-0.2, -0.15) is 0 Å². The van der Waals surface area contributed by atoms with Crippen molar-refractivity contribution in [3.05, 3.63) is 59.3 Å². The van der Waals surface area contributed by atoms with Crippen LogP contribution in [0.25, 0.3) is 0 Å². The summed E-state index contributed by atoms with van der Waals surface area (Å²) in [6.07, 6.45) is 2.81. The zero-order valence-electron chi connectivity index (χ0n) is 12.4. The number of pyridine rings is 1. The Morgan fingerprint density at radius 2 is 2.10 bits per heavy atom. The maximum Gasteiger partial charge on any atom is 0.212 e. The lowest BCUT2D eigenvalue weighted by atomic mass is 9.98. The van der Waals surface area contributed by atoms with Crippen LogP contribution in [0.5, 0.6) is 5.88 Å². The second-order valence-corrected chi connectivity index (χ2v) is 4.94. The minimum absolute atomic E-state index is 0.315. The molecule has 1 aromatic carbocycles. The van der Waals surface area contributed by atoms with Crippen molar-refractivity contribution in [3.63, 3.8) is 0 Å². The number of aromatic nitrogens is 1. The number of benzene rings is 1. The Bertz CT molecular complexity index is 537. The number of likely N-dealkylation sites (N-methyl/N-ethyl adjacent to an activating group) is 1. The van der Waals surface area contributed by atoms with Crippen molar-refractivity contribution >= 4 is 0 Å². The molecule has 1 aromatic heterocycles. The molecule has 3 nitrogen and oxygen atoms in total. The molecule has 0 aliphatic heterocycles. The third-order valence-electron chi connectivity index (χ3n) is 3.34. The highest BCUT2D eigenvalue weighted by Gasteiger charge is 2.11. The molecule has 1 heterocycles. The zero-order valence-corrected chi connectivity index (χ0v) is 12.4. The van der Waals surface area contributed by atoms with Gasteiger partial charge in [0, 0.05) is 18.3 Å². The van der Waals surface area contributed by atoms with Gasteiger partial charge in [-0.25, -0.2) is 4.98 Å². The first-order valence-corrected chi connectivity index (χ1v) is 7.01. The van der Waals surface area contributed by atoms with Gasteiger partial charge >= 0.3 is 0 Å². The van der Waals surface area contributed by atoms with E-state index in [1.807, 2.05) is 12.3 Å². The number of nitrogens with zero attached hydrogens (tertiary/aromatic N) is 1. The molecule has 0 amide bonds. The first-order valence-electron chi connectivity index (χ1n) is 7.01. The van der Waals surface area contributed by atoms with Crippen LogP contribution in [0.3, 0.4) is 0 Å². The lowest BCUT2D eigenvalue weighted by Gasteiger charge is -2.19. The summed E-state index contributed by atoms with van der Waals surface area (Å²) in [5, 5.41) is 3.54. The van der Waals surface area contributed by atoms with Crippen LogP contribution >= 0.6 is 0 Å². The van der Waals surface area contributed by atoms with E-state index in [4.69, 9.17) is 4.74 Å². The van der Waals surface area contributed by atoms with Gasteiger partial charge in [0.2, 0.25) is 5.88 Å². The Balaban J connectivity index is 2.16. The van der Waals surface area contributed by atoms with E-state index in [1.54, 1.807) is 7.11 Å². The Kier molecular flexibility index (Phi) is 5.13. The standard InChI is InChI=1S/C17H22N2O/c1-4-18-16(15-7-5-6-13(2)10-15)11-14-8-9-17(20-3)19-12-14/h5-10,12,16,18H,4,11H2,1-3H3. The summed E-state index contributed by atoms with van der Waals surface area (Å²) in [4.78, 5) is 4.27. The molecule has 1 N–H and O–H groups in total. The highest BCUT2D eigenvalue weighted by Crippen LogP contribution is 2.20. The molecule has 0 radical (unpaired) electrons. The van der Waals surface area contributed by atoms with Crippen molar-refractivity contribution in [3.8, 4) is 5.88 Å². The molecule has 20 heavy (non-hydrogen) atoms. The maximum atomic E-state index is 5.10. The summed E-state index contributed by atoms with van der Waals surface area (Å²) in [5.41, 5.74) is 3.82. The van der Waals surface area contributed by atoms with Crippen LogP contribution in [0.15, 0.2) is 42.6 Å². The predicted octanol–water partition coefficient (Wildman–Crippen LogP) is 3.29. The van der Waals surface area contributed by atoms with E-state index in [9.17, 15) is 0 Å². The molecule has 0 bridgehead atoms. The van der Waals surface area contributed by atoms with E-state index >= 15 is 0 Å². The van der Waals surface area contributed by atoms with E-state index < -0.39 is 0 Å². The molecule has 0 spiro atoms. The number of hydrogen-bond donors (Lipinski definition) is 1. The smallest absolute Gasteiger partial charge is 0.212 e. The summed E-state index contributed by atoms with van der Waals surface area (Å²) in [7, 11) is 1.64. The van der Waals surface area contributed by atoms with Crippen LogP contribution in [-0.4, -0.2) is 18.6 Å². The fraction of sp³-hybridized carbons (Fsp3) is 0.353. The van der Waals surface area contributed by atoms with Crippen LogP contribution in [0.4, 0.5) is 0 Å². The molecular formula is C17H22N2O. The average Bonchev–Trinajstić information content (AvgIpc) is 2.47. The van der Waals surface area contributed by atoms with Gasteiger partial charge in [0.1, 0.15) is 0 Å². The second-order valence-electron chi connectivity index (χ2n) is 4.94. The van der Waals surface area contributed by atoms with E-state index in [-0.39, 0.29) is 0 Å². The number of ether oxygens (including phenoxy) is 1. The highest BCUT2D eigenvalue weighted by molar-refractivity contribution is 5.27. The van der Waals surface area contributed by atoms with E-state index in [0.29, 0.717) is 11.9 Å². The van der Waals surface area contributed by atoms with Crippen molar-refractivity contribution in [2.75, 3.05) is 13.7 Å². The van der Waals surface area contributed by atoms with Crippen molar-refractivity contribution in [1.82, 2.24) is 10.3 Å². The minimum Gasteiger partial charge on any atom is -0.481 e. The molecular weight excluding hydrogens is 248 g/mol. The van der Waals surface area contributed by atoms with Gasteiger partial charge in [-0.3, -0.25) is 0 Å². The SMILES string of the molecule is CCNC(Cc1ccc(OC)nc1)c1cccc(C)c1. The fourth-order valence-corrected chi connectivity index (χ4v) is 2.33. The lowest BCUT2D eigenvalue weighted by molar-refractivity contribution is 0.397. The lowest BCUT2D eigenvalue weighted by Crippen LogP contribution is -2.23. The van der Waals surface area contributed by atoms with Gasteiger partial charge in [-0.15, -0.1) is 0 Å². The summed E-state index contributed by atoms with van der Waals surface area (Å²) >= 11 is 0. The number of hydrogen-bond acceptors (Lipinski definition) is 3. The number of methoxy groups -OCH3 is 1.